The number of nitrogen functional groups attached to an aromatic ring is 1. The van der Waals surface area contributed by atoms with Crippen LogP contribution >= 0.6 is 11.5 Å². The monoisotopic (exact) mass is 242 g/mol. The first-order valence-electron chi connectivity index (χ1n) is 5.12. The lowest BCUT2D eigenvalue weighted by Crippen LogP contribution is -2.47. The van der Waals surface area contributed by atoms with Gasteiger partial charge in [0.05, 0.1) is 13.2 Å². The van der Waals surface area contributed by atoms with Gasteiger partial charge in [-0.15, -0.1) is 0 Å². The third-order valence-corrected chi connectivity index (χ3v) is 3.18. The van der Waals surface area contributed by atoms with Gasteiger partial charge in [0.25, 0.3) is 0 Å². The number of anilines is 2. The lowest BCUT2D eigenvalue weighted by molar-refractivity contribution is -0.120. The molecule has 0 spiro atoms. The highest BCUT2D eigenvalue weighted by molar-refractivity contribution is 7.11. The minimum atomic E-state index is 0.0145. The maximum Gasteiger partial charge on any atom is 0.239 e. The van der Waals surface area contributed by atoms with E-state index in [1.54, 1.807) is 0 Å². The molecule has 16 heavy (non-hydrogen) atoms. The van der Waals surface area contributed by atoms with Crippen molar-refractivity contribution in [1.29, 1.82) is 0 Å². The lowest BCUT2D eigenvalue weighted by atomic mass is 10.3. The first-order valence-corrected chi connectivity index (χ1v) is 5.89. The number of hydrogen-bond donors (Lipinski definition) is 2. The van der Waals surface area contributed by atoms with E-state index in [-0.39, 0.29) is 5.91 Å². The van der Waals surface area contributed by atoms with E-state index in [4.69, 9.17) is 10.5 Å². The zero-order chi connectivity index (χ0) is 11.5. The molecule has 0 radical (unpaired) electrons. The Kier molecular flexibility index (Phi) is 3.14. The molecule has 1 aromatic rings. The van der Waals surface area contributed by atoms with Crippen molar-refractivity contribution in [2.24, 2.45) is 0 Å². The predicted molar refractivity (Wildman–Crippen MR) is 62.9 cm³/mol. The summed E-state index contributed by atoms with van der Waals surface area (Å²) in [6.07, 6.45) is 0. The molecule has 0 bridgehead atoms. The molecule has 2 heterocycles. The van der Waals surface area contributed by atoms with Gasteiger partial charge in [-0.3, -0.25) is 4.79 Å². The van der Waals surface area contributed by atoms with Gasteiger partial charge >= 0.3 is 0 Å². The summed E-state index contributed by atoms with van der Waals surface area (Å²) in [7, 11) is 0. The largest absolute Gasteiger partial charge is 0.487 e. The van der Waals surface area contributed by atoms with E-state index in [9.17, 15) is 4.79 Å². The number of carbonyl (C=O) groups is 1. The van der Waals surface area contributed by atoms with Crippen LogP contribution in [-0.2, 0) is 4.79 Å². The number of nitrogens with two attached hydrogens (primary N) is 1. The number of aromatic nitrogens is 1. The molecule has 0 aromatic carbocycles. The van der Waals surface area contributed by atoms with Gasteiger partial charge in [0, 0.05) is 13.1 Å². The molecule has 0 aliphatic carbocycles. The molecule has 0 saturated carbocycles. The van der Waals surface area contributed by atoms with E-state index in [0.717, 1.165) is 11.5 Å². The number of rotatable bonds is 3. The fourth-order valence-electron chi connectivity index (χ4n) is 1.58. The summed E-state index contributed by atoms with van der Waals surface area (Å²) in [5.41, 5.74) is 5.72. The molecule has 88 valence electrons. The SMILES string of the molecule is CCOc1c(N)nsc1N1CCNC(=O)C1. The highest BCUT2D eigenvalue weighted by Gasteiger charge is 2.23. The molecule has 1 saturated heterocycles. The van der Waals surface area contributed by atoms with Gasteiger partial charge in [-0.2, -0.15) is 4.37 Å². The molecule has 1 fully saturated rings. The maximum absolute atomic E-state index is 11.3. The average Bonchev–Trinajstić information content (AvgIpc) is 2.61. The van der Waals surface area contributed by atoms with Gasteiger partial charge in [0.2, 0.25) is 5.91 Å². The Morgan fingerprint density at radius 3 is 3.19 bits per heavy atom. The highest BCUT2D eigenvalue weighted by Crippen LogP contribution is 2.38. The van der Waals surface area contributed by atoms with Crippen molar-refractivity contribution >= 4 is 28.3 Å². The number of nitrogens with zero attached hydrogens (tertiary/aromatic N) is 2. The molecule has 3 N–H and O–H groups in total. The molecule has 1 aromatic heterocycles. The summed E-state index contributed by atoms with van der Waals surface area (Å²) in [5, 5.41) is 3.61. The molecular weight excluding hydrogens is 228 g/mol. The lowest BCUT2D eigenvalue weighted by Gasteiger charge is -2.27. The minimum Gasteiger partial charge on any atom is -0.487 e. The molecule has 0 atom stereocenters. The number of amides is 1. The maximum atomic E-state index is 11.3. The number of hydrogen-bond acceptors (Lipinski definition) is 6. The summed E-state index contributed by atoms with van der Waals surface area (Å²) in [6.45, 7) is 4.16. The zero-order valence-electron chi connectivity index (χ0n) is 9.02. The molecule has 0 unspecified atom stereocenters. The first kappa shape index (κ1) is 11.0. The quantitative estimate of drug-likeness (QED) is 0.783. The van der Waals surface area contributed by atoms with Crippen molar-refractivity contribution in [1.82, 2.24) is 9.69 Å². The van der Waals surface area contributed by atoms with Gasteiger partial charge < -0.3 is 20.7 Å². The van der Waals surface area contributed by atoms with E-state index in [1.165, 1.54) is 11.5 Å². The second kappa shape index (κ2) is 4.56. The van der Waals surface area contributed by atoms with Crippen molar-refractivity contribution < 1.29 is 9.53 Å². The van der Waals surface area contributed by atoms with Crippen LogP contribution in [0.5, 0.6) is 5.75 Å². The normalized spacial score (nSPS) is 16.1. The fourth-order valence-corrected chi connectivity index (χ4v) is 2.36. The van der Waals surface area contributed by atoms with Crippen LogP contribution in [0.2, 0.25) is 0 Å². The number of piperazine rings is 1. The fraction of sp³-hybridized carbons (Fsp3) is 0.556. The number of carbonyl (C=O) groups excluding carboxylic acids is 1. The van der Waals surface area contributed by atoms with Crippen LogP contribution in [-0.4, -0.2) is 36.5 Å². The van der Waals surface area contributed by atoms with E-state index >= 15 is 0 Å². The van der Waals surface area contributed by atoms with Gasteiger partial charge in [0.15, 0.2) is 16.6 Å². The summed E-state index contributed by atoms with van der Waals surface area (Å²) in [6, 6.07) is 0. The van der Waals surface area contributed by atoms with Gasteiger partial charge in [-0.25, -0.2) is 0 Å². The molecule has 7 heteroatoms. The van der Waals surface area contributed by atoms with E-state index in [1.807, 2.05) is 11.8 Å². The molecule has 1 aliphatic heterocycles. The Bertz CT molecular complexity index is 393. The standard InChI is InChI=1S/C9H14N4O2S/c1-2-15-7-8(10)12-16-9(7)13-4-3-11-6(14)5-13/h2-5H2,1H3,(H2,10,12)(H,11,14). The number of nitrogens with one attached hydrogen (secondary N) is 1. The summed E-state index contributed by atoms with van der Waals surface area (Å²) in [4.78, 5) is 13.2. The van der Waals surface area contributed by atoms with Crippen LogP contribution < -0.4 is 20.7 Å². The van der Waals surface area contributed by atoms with Crippen molar-refractivity contribution in [3.63, 3.8) is 0 Å². The van der Waals surface area contributed by atoms with Gasteiger partial charge in [-0.1, -0.05) is 0 Å². The Balaban J connectivity index is 2.21. The van der Waals surface area contributed by atoms with Crippen molar-refractivity contribution in [2.75, 3.05) is 36.9 Å². The summed E-state index contributed by atoms with van der Waals surface area (Å²) < 4.78 is 9.50. The van der Waals surface area contributed by atoms with E-state index in [0.29, 0.717) is 31.3 Å². The summed E-state index contributed by atoms with van der Waals surface area (Å²) in [5.74, 6) is 1.01. The van der Waals surface area contributed by atoms with E-state index < -0.39 is 0 Å². The number of ether oxygens (including phenoxy) is 1. The van der Waals surface area contributed by atoms with Gasteiger partial charge in [-0.05, 0) is 18.5 Å². The van der Waals surface area contributed by atoms with Crippen molar-refractivity contribution in [2.45, 2.75) is 6.92 Å². The zero-order valence-corrected chi connectivity index (χ0v) is 9.84. The Labute approximate surface area is 97.5 Å². The van der Waals surface area contributed by atoms with Crippen LogP contribution in [0.4, 0.5) is 10.8 Å². The molecule has 6 nitrogen and oxygen atoms in total. The van der Waals surface area contributed by atoms with Crippen molar-refractivity contribution in [3.05, 3.63) is 0 Å². The van der Waals surface area contributed by atoms with Gasteiger partial charge in [0.1, 0.15) is 0 Å². The van der Waals surface area contributed by atoms with Crippen LogP contribution in [0.15, 0.2) is 0 Å². The van der Waals surface area contributed by atoms with Crippen LogP contribution in [0.1, 0.15) is 6.92 Å². The second-order valence-electron chi connectivity index (χ2n) is 3.41. The molecular formula is C9H14N4O2S. The Morgan fingerprint density at radius 2 is 2.50 bits per heavy atom. The third-order valence-electron chi connectivity index (χ3n) is 2.27. The molecule has 1 aliphatic rings. The topological polar surface area (TPSA) is 80.5 Å². The third kappa shape index (κ3) is 2.04. The predicted octanol–water partition coefficient (Wildman–Crippen LogP) is 0.0602. The second-order valence-corrected chi connectivity index (χ2v) is 4.16. The summed E-state index contributed by atoms with van der Waals surface area (Å²) >= 11 is 1.27. The Hall–Kier alpha value is -1.50. The average molecular weight is 242 g/mol. The minimum absolute atomic E-state index is 0.0145. The molecule has 1 amide bonds. The van der Waals surface area contributed by atoms with Crippen LogP contribution in [0, 0.1) is 0 Å². The smallest absolute Gasteiger partial charge is 0.239 e. The Morgan fingerprint density at radius 1 is 1.69 bits per heavy atom. The van der Waals surface area contributed by atoms with Crippen LogP contribution in [0.3, 0.4) is 0 Å². The highest BCUT2D eigenvalue weighted by atomic mass is 32.1. The van der Waals surface area contributed by atoms with Crippen molar-refractivity contribution in [3.8, 4) is 5.75 Å². The van der Waals surface area contributed by atoms with Crippen LogP contribution in [0.25, 0.3) is 0 Å². The first-order chi connectivity index (χ1) is 7.72. The molecule has 2 rings (SSSR count). The van der Waals surface area contributed by atoms with E-state index in [2.05, 4.69) is 9.69 Å².